The lowest BCUT2D eigenvalue weighted by molar-refractivity contribution is -0.116. The molecule has 0 aliphatic carbocycles. The molecule has 1 N–H and O–H groups in total. The van der Waals surface area contributed by atoms with Crippen molar-refractivity contribution in [3.05, 3.63) is 52.0 Å². The number of carbonyl (C=O) groups excluding carboxylic acids is 2. The number of hydrogen-bond acceptors (Lipinski definition) is 7. The van der Waals surface area contributed by atoms with Gasteiger partial charge in [0.15, 0.2) is 0 Å². The van der Waals surface area contributed by atoms with Crippen molar-refractivity contribution in [2.24, 2.45) is 0 Å². The molecule has 28 heavy (non-hydrogen) atoms. The normalized spacial score (nSPS) is 10.9. The summed E-state index contributed by atoms with van der Waals surface area (Å²) in [6.45, 7) is 4.27. The van der Waals surface area contributed by atoms with Gasteiger partial charge in [-0.1, -0.05) is 43.3 Å². The Morgan fingerprint density at radius 3 is 2.64 bits per heavy atom. The van der Waals surface area contributed by atoms with Crippen LogP contribution in [0.1, 0.15) is 47.3 Å². The number of hydrogen-bond donors (Lipinski definition) is 1. The molecule has 7 nitrogen and oxygen atoms in total. The van der Waals surface area contributed by atoms with Crippen LogP contribution >= 0.6 is 11.3 Å². The van der Waals surface area contributed by atoms with Crippen molar-refractivity contribution in [1.29, 1.82) is 0 Å². The van der Waals surface area contributed by atoms with E-state index in [9.17, 15) is 9.59 Å². The summed E-state index contributed by atoms with van der Waals surface area (Å²) in [5, 5.41) is 8.42. The summed E-state index contributed by atoms with van der Waals surface area (Å²) in [5.74, 6) is 0.615. The fourth-order valence-corrected chi connectivity index (χ4v) is 3.35. The number of carbonyl (C=O) groups is 2. The van der Waals surface area contributed by atoms with Crippen molar-refractivity contribution in [1.82, 2.24) is 10.1 Å². The third-order valence-corrected chi connectivity index (χ3v) is 5.07. The van der Waals surface area contributed by atoms with E-state index >= 15 is 0 Å². The van der Waals surface area contributed by atoms with Crippen LogP contribution in [0.25, 0.3) is 11.4 Å². The number of amides is 1. The SMILES string of the molecule is COC(=O)c1sccc1NC(=O)CCc1nc(-c2ccc(C(C)C)cc2)no1. The smallest absolute Gasteiger partial charge is 0.350 e. The van der Waals surface area contributed by atoms with E-state index < -0.39 is 5.97 Å². The molecule has 0 bridgehead atoms. The largest absolute Gasteiger partial charge is 0.465 e. The number of ether oxygens (including phenoxy) is 1. The van der Waals surface area contributed by atoms with E-state index in [1.165, 1.54) is 24.0 Å². The minimum absolute atomic E-state index is 0.157. The highest BCUT2D eigenvalue weighted by Crippen LogP contribution is 2.24. The minimum atomic E-state index is -0.477. The number of nitrogens with zero attached hydrogens (tertiary/aromatic N) is 2. The van der Waals surface area contributed by atoms with Gasteiger partial charge in [-0.25, -0.2) is 4.79 Å². The van der Waals surface area contributed by atoms with Crippen LogP contribution in [0.3, 0.4) is 0 Å². The van der Waals surface area contributed by atoms with Gasteiger partial charge in [0.05, 0.1) is 12.8 Å². The molecule has 0 unspecified atom stereocenters. The zero-order valence-electron chi connectivity index (χ0n) is 15.9. The number of methoxy groups -OCH3 is 1. The quantitative estimate of drug-likeness (QED) is 0.596. The zero-order valence-corrected chi connectivity index (χ0v) is 16.7. The average molecular weight is 399 g/mol. The fourth-order valence-electron chi connectivity index (χ4n) is 2.58. The average Bonchev–Trinajstić information content (AvgIpc) is 3.35. The van der Waals surface area contributed by atoms with Crippen LogP contribution in [0.2, 0.25) is 0 Å². The van der Waals surface area contributed by atoms with Gasteiger partial charge in [-0.2, -0.15) is 4.98 Å². The summed E-state index contributed by atoms with van der Waals surface area (Å²) in [6, 6.07) is 9.68. The molecular weight excluding hydrogens is 378 g/mol. The third kappa shape index (κ3) is 4.64. The lowest BCUT2D eigenvalue weighted by Gasteiger charge is -2.04. The van der Waals surface area contributed by atoms with Gasteiger partial charge < -0.3 is 14.6 Å². The Bertz CT molecular complexity index is 960. The van der Waals surface area contributed by atoms with Gasteiger partial charge in [0.2, 0.25) is 17.6 Å². The number of thiophene rings is 1. The molecule has 1 aromatic carbocycles. The molecule has 0 atom stereocenters. The van der Waals surface area contributed by atoms with E-state index in [2.05, 4.69) is 29.3 Å². The lowest BCUT2D eigenvalue weighted by Crippen LogP contribution is -2.14. The second-order valence-corrected chi connectivity index (χ2v) is 7.41. The Balaban J connectivity index is 1.58. The molecule has 0 aliphatic heterocycles. The number of aromatic nitrogens is 2. The topological polar surface area (TPSA) is 94.3 Å². The zero-order chi connectivity index (χ0) is 20.1. The Morgan fingerprint density at radius 1 is 1.21 bits per heavy atom. The first-order valence-corrected chi connectivity index (χ1v) is 9.74. The highest BCUT2D eigenvalue weighted by Gasteiger charge is 2.16. The van der Waals surface area contributed by atoms with Gasteiger partial charge in [0.25, 0.3) is 0 Å². The number of anilines is 1. The van der Waals surface area contributed by atoms with Crippen LogP contribution in [0, 0.1) is 0 Å². The number of esters is 1. The Morgan fingerprint density at radius 2 is 1.96 bits per heavy atom. The Labute approximate surface area is 166 Å². The lowest BCUT2D eigenvalue weighted by atomic mass is 10.0. The first kappa shape index (κ1) is 19.8. The second kappa shape index (κ2) is 8.79. The molecule has 3 aromatic rings. The Kier molecular flexibility index (Phi) is 6.20. The molecule has 0 aliphatic rings. The molecular formula is C20H21N3O4S. The molecule has 2 heterocycles. The standard InChI is InChI=1S/C20H21N3O4S/c1-12(2)13-4-6-14(7-5-13)19-22-17(27-23-19)9-8-16(24)21-15-10-11-28-18(15)20(25)26-3/h4-7,10-12H,8-9H2,1-3H3,(H,21,24). The summed E-state index contributed by atoms with van der Waals surface area (Å²) >= 11 is 1.21. The summed E-state index contributed by atoms with van der Waals surface area (Å²) in [7, 11) is 1.30. The molecule has 8 heteroatoms. The van der Waals surface area contributed by atoms with E-state index in [4.69, 9.17) is 9.26 Å². The van der Waals surface area contributed by atoms with Crippen molar-refractivity contribution in [2.75, 3.05) is 12.4 Å². The minimum Gasteiger partial charge on any atom is -0.465 e. The van der Waals surface area contributed by atoms with Gasteiger partial charge >= 0.3 is 5.97 Å². The second-order valence-electron chi connectivity index (χ2n) is 6.49. The van der Waals surface area contributed by atoms with Crippen molar-refractivity contribution < 1.29 is 18.8 Å². The molecule has 0 saturated heterocycles. The molecule has 0 fully saturated rings. The summed E-state index contributed by atoms with van der Waals surface area (Å²) < 4.78 is 9.95. The van der Waals surface area contributed by atoms with E-state index in [1.807, 2.05) is 24.3 Å². The number of aryl methyl sites for hydroxylation is 1. The Hall–Kier alpha value is -3.00. The monoisotopic (exact) mass is 399 g/mol. The van der Waals surface area contributed by atoms with Crippen LogP contribution < -0.4 is 5.32 Å². The summed E-state index contributed by atoms with van der Waals surface area (Å²) in [4.78, 5) is 28.5. The van der Waals surface area contributed by atoms with Crippen molar-refractivity contribution >= 4 is 28.9 Å². The van der Waals surface area contributed by atoms with Gasteiger partial charge in [-0.05, 0) is 22.9 Å². The number of rotatable bonds is 7. The molecule has 3 rings (SSSR count). The van der Waals surface area contributed by atoms with E-state index in [1.54, 1.807) is 11.4 Å². The number of nitrogens with one attached hydrogen (secondary N) is 1. The molecule has 146 valence electrons. The van der Waals surface area contributed by atoms with Crippen molar-refractivity contribution in [2.45, 2.75) is 32.6 Å². The van der Waals surface area contributed by atoms with Gasteiger partial charge in [-0.15, -0.1) is 11.3 Å². The van der Waals surface area contributed by atoms with Crippen molar-refractivity contribution in [3.8, 4) is 11.4 Å². The van der Waals surface area contributed by atoms with Crippen LogP contribution in [0.15, 0.2) is 40.2 Å². The maximum Gasteiger partial charge on any atom is 0.350 e. The van der Waals surface area contributed by atoms with Crippen LogP contribution in [-0.2, 0) is 16.0 Å². The molecule has 0 radical (unpaired) electrons. The summed E-state index contributed by atoms with van der Waals surface area (Å²) in [6.07, 6.45) is 0.463. The van der Waals surface area contributed by atoms with E-state index in [-0.39, 0.29) is 12.3 Å². The van der Waals surface area contributed by atoms with Crippen molar-refractivity contribution in [3.63, 3.8) is 0 Å². The maximum absolute atomic E-state index is 12.2. The van der Waals surface area contributed by atoms with Crippen LogP contribution in [0.5, 0.6) is 0 Å². The highest BCUT2D eigenvalue weighted by atomic mass is 32.1. The van der Waals surface area contributed by atoms with E-state index in [0.717, 1.165) is 5.56 Å². The van der Waals surface area contributed by atoms with E-state index in [0.29, 0.717) is 34.6 Å². The molecule has 2 aromatic heterocycles. The fraction of sp³-hybridized carbons (Fsp3) is 0.300. The molecule has 0 spiro atoms. The number of benzene rings is 1. The molecule has 1 amide bonds. The predicted octanol–water partition coefficient (Wildman–Crippen LogP) is 4.28. The van der Waals surface area contributed by atoms with Crippen LogP contribution in [-0.4, -0.2) is 29.1 Å². The summed E-state index contributed by atoms with van der Waals surface area (Å²) in [5.41, 5.74) is 2.55. The van der Waals surface area contributed by atoms with Crippen LogP contribution in [0.4, 0.5) is 5.69 Å². The molecule has 0 saturated carbocycles. The highest BCUT2D eigenvalue weighted by molar-refractivity contribution is 7.12. The predicted molar refractivity (Wildman–Crippen MR) is 106 cm³/mol. The first-order chi connectivity index (χ1) is 13.5. The van der Waals surface area contributed by atoms with Gasteiger partial charge in [0.1, 0.15) is 4.88 Å². The van der Waals surface area contributed by atoms with Gasteiger partial charge in [-0.3, -0.25) is 4.79 Å². The third-order valence-electron chi connectivity index (χ3n) is 4.18. The first-order valence-electron chi connectivity index (χ1n) is 8.86. The van der Waals surface area contributed by atoms with Gasteiger partial charge in [0, 0.05) is 18.4 Å². The maximum atomic E-state index is 12.2.